The van der Waals surface area contributed by atoms with Gasteiger partial charge in [-0.3, -0.25) is 0 Å². The molecule has 0 fully saturated rings. The average Bonchev–Trinajstić information content (AvgIpc) is 3.15. The summed E-state index contributed by atoms with van der Waals surface area (Å²) < 4.78 is 36.8. The van der Waals surface area contributed by atoms with Crippen LogP contribution in [0.3, 0.4) is 0 Å². The van der Waals surface area contributed by atoms with E-state index in [1.54, 1.807) is 36.4 Å². The Morgan fingerprint density at radius 3 is 2.59 bits per heavy atom. The van der Waals surface area contributed by atoms with Crippen LogP contribution in [-0.2, 0) is 14.9 Å². The fraction of sp³-hybridized carbons (Fsp3) is 0.227. The van der Waals surface area contributed by atoms with Crippen LogP contribution in [0.5, 0.6) is 5.75 Å². The Morgan fingerprint density at radius 2 is 1.86 bits per heavy atom. The van der Waals surface area contributed by atoms with Crippen molar-refractivity contribution < 1.29 is 17.3 Å². The van der Waals surface area contributed by atoms with E-state index in [9.17, 15) is 13.7 Å². The van der Waals surface area contributed by atoms with Gasteiger partial charge in [0.2, 0.25) is 5.88 Å². The Labute approximate surface area is 170 Å². The lowest BCUT2D eigenvalue weighted by Crippen LogP contribution is -2.20. The van der Waals surface area contributed by atoms with Crippen LogP contribution in [0.1, 0.15) is 36.3 Å². The summed E-state index contributed by atoms with van der Waals surface area (Å²) in [6.45, 7) is 1.88. The Bertz CT molecular complexity index is 1170. The highest BCUT2D eigenvalue weighted by Crippen LogP contribution is 2.48. The summed E-state index contributed by atoms with van der Waals surface area (Å²) in [7, 11) is -4.03. The molecule has 1 unspecified atom stereocenters. The molecule has 29 heavy (non-hydrogen) atoms. The van der Waals surface area contributed by atoms with Crippen molar-refractivity contribution in [3.8, 4) is 11.8 Å². The molecular formula is C22H20N2O4S. The van der Waals surface area contributed by atoms with E-state index < -0.39 is 16.0 Å². The summed E-state index contributed by atoms with van der Waals surface area (Å²) >= 11 is 0. The molecule has 6 nitrogen and oxygen atoms in total. The summed E-state index contributed by atoms with van der Waals surface area (Å²) in [4.78, 5) is 0.0706. The molecule has 7 heteroatoms. The van der Waals surface area contributed by atoms with Crippen molar-refractivity contribution in [1.29, 1.82) is 5.26 Å². The first kappa shape index (κ1) is 19.1. The van der Waals surface area contributed by atoms with Crippen LogP contribution in [-0.4, -0.2) is 8.42 Å². The number of benzene rings is 2. The minimum atomic E-state index is -4.03. The van der Waals surface area contributed by atoms with E-state index in [-0.39, 0.29) is 22.1 Å². The van der Waals surface area contributed by atoms with Gasteiger partial charge in [-0.05, 0) is 43.5 Å². The molecule has 0 saturated heterocycles. The number of para-hydroxylation sites is 1. The van der Waals surface area contributed by atoms with E-state index in [1.807, 2.05) is 6.92 Å². The van der Waals surface area contributed by atoms with Gasteiger partial charge in [-0.15, -0.1) is 0 Å². The number of hydrogen-bond acceptors (Lipinski definition) is 6. The largest absolute Gasteiger partial charge is 0.445 e. The monoisotopic (exact) mass is 408 g/mol. The van der Waals surface area contributed by atoms with Gasteiger partial charge in [0.25, 0.3) is 0 Å². The maximum Gasteiger partial charge on any atom is 0.339 e. The van der Waals surface area contributed by atoms with Gasteiger partial charge < -0.3 is 14.7 Å². The normalized spacial score (nSPS) is 18.8. The topological polar surface area (TPSA) is 102 Å². The molecule has 2 aliphatic rings. The quantitative estimate of drug-likeness (QED) is 0.767. The minimum Gasteiger partial charge on any atom is -0.445 e. The maximum absolute atomic E-state index is 12.8. The number of rotatable bonds is 4. The average molecular weight is 408 g/mol. The summed E-state index contributed by atoms with van der Waals surface area (Å²) in [5, 5.41) is 9.69. The van der Waals surface area contributed by atoms with Crippen LogP contribution in [0.25, 0.3) is 0 Å². The number of hydrogen-bond donors (Lipinski definition) is 1. The van der Waals surface area contributed by atoms with E-state index in [2.05, 4.69) is 6.07 Å². The molecule has 0 amide bonds. The summed E-state index contributed by atoms with van der Waals surface area (Å²) in [6.07, 6.45) is 2.41. The van der Waals surface area contributed by atoms with Crippen molar-refractivity contribution in [3.63, 3.8) is 0 Å². The molecule has 1 aliphatic carbocycles. The van der Waals surface area contributed by atoms with Gasteiger partial charge in [0, 0.05) is 12.0 Å². The van der Waals surface area contributed by atoms with Gasteiger partial charge >= 0.3 is 10.1 Å². The van der Waals surface area contributed by atoms with E-state index in [1.165, 1.54) is 12.1 Å². The van der Waals surface area contributed by atoms with Crippen LogP contribution >= 0.6 is 0 Å². The Morgan fingerprint density at radius 1 is 1.14 bits per heavy atom. The highest BCUT2D eigenvalue weighted by atomic mass is 32.2. The molecule has 1 heterocycles. The number of allylic oxidation sites excluding steroid dienone is 3. The molecule has 0 aromatic heterocycles. The molecule has 0 spiro atoms. The number of nitrogens with zero attached hydrogens (tertiary/aromatic N) is 1. The van der Waals surface area contributed by atoms with Gasteiger partial charge in [0.05, 0.1) is 5.92 Å². The molecule has 0 bridgehead atoms. The van der Waals surface area contributed by atoms with Crippen molar-refractivity contribution in [2.45, 2.75) is 37.0 Å². The third-order valence-electron chi connectivity index (χ3n) is 5.20. The van der Waals surface area contributed by atoms with Crippen LogP contribution < -0.4 is 9.92 Å². The fourth-order valence-corrected chi connectivity index (χ4v) is 4.75. The second-order valence-electron chi connectivity index (χ2n) is 7.12. The van der Waals surface area contributed by atoms with Crippen molar-refractivity contribution in [1.82, 2.24) is 0 Å². The molecular weight excluding hydrogens is 388 g/mol. The molecule has 0 radical (unpaired) electrons. The van der Waals surface area contributed by atoms with Crippen molar-refractivity contribution >= 4 is 10.1 Å². The molecule has 2 N–H and O–H groups in total. The van der Waals surface area contributed by atoms with E-state index in [0.717, 1.165) is 36.2 Å². The van der Waals surface area contributed by atoms with Gasteiger partial charge in [-0.2, -0.15) is 13.7 Å². The number of ether oxygens (including phenoxy) is 1. The lowest BCUT2D eigenvalue weighted by atomic mass is 9.83. The van der Waals surface area contributed by atoms with Crippen LogP contribution in [0.4, 0.5) is 0 Å². The van der Waals surface area contributed by atoms with Gasteiger partial charge in [-0.1, -0.05) is 35.9 Å². The lowest BCUT2D eigenvalue weighted by molar-refractivity contribution is 0.274. The highest BCUT2D eigenvalue weighted by molar-refractivity contribution is 7.87. The Balaban J connectivity index is 1.78. The zero-order valence-corrected chi connectivity index (χ0v) is 16.7. The van der Waals surface area contributed by atoms with Crippen LogP contribution in [0.15, 0.2) is 76.2 Å². The Hall–Kier alpha value is -3.24. The number of nitriles is 1. The number of nitrogens with two attached hydrogens (primary N) is 1. The smallest absolute Gasteiger partial charge is 0.339 e. The van der Waals surface area contributed by atoms with Crippen LogP contribution in [0.2, 0.25) is 0 Å². The van der Waals surface area contributed by atoms with Crippen molar-refractivity contribution in [2.24, 2.45) is 5.73 Å². The second kappa shape index (κ2) is 7.30. The Kier molecular flexibility index (Phi) is 4.81. The SMILES string of the molecule is Cc1ccc(S(=O)(=O)Oc2ccccc2C2C(C#N)=C(N)OC3=C2CCC3)cc1. The summed E-state index contributed by atoms with van der Waals surface area (Å²) in [5.41, 5.74) is 8.76. The minimum absolute atomic E-state index is 0.0642. The standard InChI is InChI=1S/C22H20N2O4S/c1-14-9-11-15(12-10-14)29(25,26)28-20-7-3-2-5-17(20)21-16-6-4-8-19(16)27-22(24)18(21)13-23/h2-3,5,7,9-12,21H,4,6,8,24H2,1H3. The van der Waals surface area contributed by atoms with Crippen LogP contribution in [0, 0.1) is 18.3 Å². The van der Waals surface area contributed by atoms with Gasteiger partial charge in [-0.25, -0.2) is 0 Å². The molecule has 4 rings (SSSR count). The van der Waals surface area contributed by atoms with E-state index in [4.69, 9.17) is 14.7 Å². The van der Waals surface area contributed by atoms with Crippen molar-refractivity contribution in [2.75, 3.05) is 0 Å². The summed E-state index contributed by atoms with van der Waals surface area (Å²) in [5.74, 6) is 0.534. The van der Waals surface area contributed by atoms with Gasteiger partial charge in [0.1, 0.15) is 28.0 Å². The first-order valence-electron chi connectivity index (χ1n) is 9.30. The predicted molar refractivity (Wildman–Crippen MR) is 107 cm³/mol. The lowest BCUT2D eigenvalue weighted by Gasteiger charge is -2.27. The molecule has 1 atom stereocenters. The first-order valence-corrected chi connectivity index (χ1v) is 10.7. The third kappa shape index (κ3) is 3.47. The fourth-order valence-electron chi connectivity index (χ4n) is 3.79. The number of aryl methyl sites for hydroxylation is 1. The summed E-state index contributed by atoms with van der Waals surface area (Å²) in [6, 6.07) is 15.4. The predicted octanol–water partition coefficient (Wildman–Crippen LogP) is 4.01. The molecule has 2 aromatic rings. The zero-order chi connectivity index (χ0) is 20.6. The van der Waals surface area contributed by atoms with Gasteiger partial charge in [0.15, 0.2) is 0 Å². The first-order chi connectivity index (χ1) is 13.9. The zero-order valence-electron chi connectivity index (χ0n) is 15.9. The molecule has 0 saturated carbocycles. The molecule has 1 aliphatic heterocycles. The van der Waals surface area contributed by atoms with E-state index >= 15 is 0 Å². The highest BCUT2D eigenvalue weighted by Gasteiger charge is 2.36. The molecule has 148 valence electrons. The van der Waals surface area contributed by atoms with E-state index in [0.29, 0.717) is 5.56 Å². The third-order valence-corrected chi connectivity index (χ3v) is 6.45. The second-order valence-corrected chi connectivity index (χ2v) is 8.66. The molecule has 2 aromatic carbocycles. The maximum atomic E-state index is 12.8. The van der Waals surface area contributed by atoms with Crippen molar-refractivity contribution in [3.05, 3.63) is 82.4 Å².